The van der Waals surface area contributed by atoms with E-state index in [0.29, 0.717) is 11.4 Å². The Labute approximate surface area is 115 Å². The Morgan fingerprint density at radius 3 is 2.84 bits per heavy atom. The molecule has 2 heterocycles. The summed E-state index contributed by atoms with van der Waals surface area (Å²) in [7, 11) is 1.66. The zero-order valence-corrected chi connectivity index (χ0v) is 11.1. The summed E-state index contributed by atoms with van der Waals surface area (Å²) >= 11 is 6.01. The number of methoxy groups -OCH3 is 1. The highest BCUT2D eigenvalue weighted by molar-refractivity contribution is 6.30. The topological polar surface area (TPSA) is 39.4 Å². The molecule has 0 N–H and O–H groups in total. The minimum atomic E-state index is 0.644. The van der Waals surface area contributed by atoms with Gasteiger partial charge in [0.25, 0.3) is 0 Å². The van der Waals surface area contributed by atoms with Gasteiger partial charge in [0, 0.05) is 18.2 Å². The number of aromatic nitrogens is 3. The molecule has 0 amide bonds. The smallest absolute Gasteiger partial charge is 0.160 e. The van der Waals surface area contributed by atoms with Crippen LogP contribution in [0.1, 0.15) is 11.4 Å². The maximum absolute atomic E-state index is 6.01. The highest BCUT2D eigenvalue weighted by Gasteiger charge is 2.09. The molecular formula is C14H12ClN3O. The second-order valence-electron chi connectivity index (χ2n) is 4.18. The van der Waals surface area contributed by atoms with Crippen molar-refractivity contribution in [3.63, 3.8) is 0 Å². The molecule has 96 valence electrons. The first-order valence-corrected chi connectivity index (χ1v) is 6.27. The number of hydrogen-bond acceptors (Lipinski definition) is 3. The molecule has 0 aliphatic carbocycles. The second kappa shape index (κ2) is 4.90. The second-order valence-corrected chi connectivity index (χ2v) is 4.62. The molecule has 0 radical (unpaired) electrons. The van der Waals surface area contributed by atoms with Crippen molar-refractivity contribution >= 4 is 17.2 Å². The van der Waals surface area contributed by atoms with Crippen molar-refractivity contribution in [2.24, 2.45) is 0 Å². The molecular weight excluding hydrogens is 262 g/mol. The zero-order chi connectivity index (χ0) is 13.2. The monoisotopic (exact) mass is 273 g/mol. The molecule has 2 aromatic heterocycles. The van der Waals surface area contributed by atoms with Crippen LogP contribution in [0.5, 0.6) is 5.75 Å². The molecule has 5 heteroatoms. The Balaban J connectivity index is 2.03. The maximum Gasteiger partial charge on any atom is 0.160 e. The van der Waals surface area contributed by atoms with Gasteiger partial charge >= 0.3 is 0 Å². The standard InChI is InChI=1S/C14H12ClN3O/c1-19-12-5-3-2-4-10(12)8-14-17-16-13-7-6-11(15)9-18(13)14/h2-7,9H,8H2,1H3. The average molecular weight is 274 g/mol. The summed E-state index contributed by atoms with van der Waals surface area (Å²) in [6.45, 7) is 0. The van der Waals surface area contributed by atoms with Gasteiger partial charge in [-0.25, -0.2) is 0 Å². The molecule has 3 rings (SSSR count). The third-order valence-corrected chi connectivity index (χ3v) is 3.20. The van der Waals surface area contributed by atoms with Gasteiger partial charge in [-0.1, -0.05) is 29.8 Å². The first kappa shape index (κ1) is 12.0. The van der Waals surface area contributed by atoms with Gasteiger partial charge < -0.3 is 4.74 Å². The summed E-state index contributed by atoms with van der Waals surface area (Å²) in [6.07, 6.45) is 2.47. The lowest BCUT2D eigenvalue weighted by Gasteiger charge is -2.07. The van der Waals surface area contributed by atoms with Gasteiger partial charge in [0.05, 0.1) is 12.1 Å². The van der Waals surface area contributed by atoms with E-state index in [9.17, 15) is 0 Å². The summed E-state index contributed by atoms with van der Waals surface area (Å²) in [5.74, 6) is 1.68. The van der Waals surface area contributed by atoms with Gasteiger partial charge in [-0.3, -0.25) is 4.40 Å². The van der Waals surface area contributed by atoms with Crippen LogP contribution in [-0.2, 0) is 6.42 Å². The lowest BCUT2D eigenvalue weighted by Crippen LogP contribution is -1.98. The predicted octanol–water partition coefficient (Wildman–Crippen LogP) is 2.98. The predicted molar refractivity (Wildman–Crippen MR) is 73.8 cm³/mol. The van der Waals surface area contributed by atoms with E-state index >= 15 is 0 Å². The summed E-state index contributed by atoms with van der Waals surface area (Å²) in [6, 6.07) is 11.5. The zero-order valence-electron chi connectivity index (χ0n) is 10.4. The Morgan fingerprint density at radius 2 is 2.00 bits per heavy atom. The number of nitrogens with zero attached hydrogens (tertiary/aromatic N) is 3. The average Bonchev–Trinajstić information content (AvgIpc) is 2.82. The molecule has 19 heavy (non-hydrogen) atoms. The first-order valence-electron chi connectivity index (χ1n) is 5.89. The lowest BCUT2D eigenvalue weighted by atomic mass is 10.1. The molecule has 0 aliphatic heterocycles. The molecule has 1 aromatic carbocycles. The fraction of sp³-hybridized carbons (Fsp3) is 0.143. The van der Waals surface area contributed by atoms with Crippen molar-refractivity contribution < 1.29 is 4.74 Å². The third-order valence-electron chi connectivity index (χ3n) is 2.98. The molecule has 0 saturated carbocycles. The Kier molecular flexibility index (Phi) is 3.09. The molecule has 0 unspecified atom stereocenters. The lowest BCUT2D eigenvalue weighted by molar-refractivity contribution is 0.410. The molecule has 0 aliphatic rings. The van der Waals surface area contributed by atoms with Gasteiger partial charge in [-0.15, -0.1) is 10.2 Å². The Bertz CT molecular complexity index is 724. The van der Waals surface area contributed by atoms with E-state index in [1.807, 2.05) is 40.9 Å². The molecule has 0 atom stereocenters. The highest BCUT2D eigenvalue weighted by atomic mass is 35.5. The number of hydrogen-bond donors (Lipinski definition) is 0. The van der Waals surface area contributed by atoms with Crippen LogP contribution in [-0.4, -0.2) is 21.7 Å². The largest absolute Gasteiger partial charge is 0.496 e. The molecule has 0 saturated heterocycles. The molecule has 0 bridgehead atoms. The van der Waals surface area contributed by atoms with Crippen molar-refractivity contribution in [1.29, 1.82) is 0 Å². The van der Waals surface area contributed by atoms with E-state index in [0.717, 1.165) is 22.8 Å². The number of rotatable bonds is 3. The fourth-order valence-electron chi connectivity index (χ4n) is 2.05. The number of benzene rings is 1. The van der Waals surface area contributed by atoms with Crippen LogP contribution in [0, 0.1) is 0 Å². The SMILES string of the molecule is COc1ccccc1Cc1nnc2ccc(Cl)cn12. The van der Waals surface area contributed by atoms with Crippen LogP contribution in [0.4, 0.5) is 0 Å². The molecule has 0 fully saturated rings. The highest BCUT2D eigenvalue weighted by Crippen LogP contribution is 2.21. The number of fused-ring (bicyclic) bond motifs is 1. The summed E-state index contributed by atoms with van der Waals surface area (Å²) in [4.78, 5) is 0. The van der Waals surface area contributed by atoms with Crippen molar-refractivity contribution in [3.05, 3.63) is 59.0 Å². The normalized spacial score (nSPS) is 10.8. The summed E-state index contributed by atoms with van der Waals surface area (Å²) in [5, 5.41) is 8.99. The number of ether oxygens (including phenoxy) is 1. The van der Waals surface area contributed by atoms with Crippen molar-refractivity contribution in [1.82, 2.24) is 14.6 Å². The number of pyridine rings is 1. The van der Waals surface area contributed by atoms with Crippen molar-refractivity contribution in [2.45, 2.75) is 6.42 Å². The van der Waals surface area contributed by atoms with E-state index in [1.54, 1.807) is 13.2 Å². The molecule has 4 nitrogen and oxygen atoms in total. The van der Waals surface area contributed by atoms with E-state index in [1.165, 1.54) is 0 Å². The van der Waals surface area contributed by atoms with Crippen molar-refractivity contribution in [3.8, 4) is 5.75 Å². The van der Waals surface area contributed by atoms with Gasteiger partial charge in [0.2, 0.25) is 0 Å². The van der Waals surface area contributed by atoms with Crippen LogP contribution < -0.4 is 4.74 Å². The quantitative estimate of drug-likeness (QED) is 0.736. The maximum atomic E-state index is 6.01. The number of halogens is 1. The van der Waals surface area contributed by atoms with E-state index in [4.69, 9.17) is 16.3 Å². The molecule has 3 aromatic rings. The van der Waals surface area contributed by atoms with Gasteiger partial charge in [-0.2, -0.15) is 0 Å². The summed E-state index contributed by atoms with van der Waals surface area (Å²) in [5.41, 5.74) is 1.86. The minimum Gasteiger partial charge on any atom is -0.496 e. The van der Waals surface area contributed by atoms with Crippen LogP contribution in [0.15, 0.2) is 42.6 Å². The Hall–Kier alpha value is -2.07. The van der Waals surface area contributed by atoms with Crippen LogP contribution in [0.25, 0.3) is 5.65 Å². The fourth-order valence-corrected chi connectivity index (χ4v) is 2.21. The van der Waals surface area contributed by atoms with E-state index in [-0.39, 0.29) is 0 Å². The van der Waals surface area contributed by atoms with Gasteiger partial charge in [0.1, 0.15) is 11.6 Å². The minimum absolute atomic E-state index is 0.644. The van der Waals surface area contributed by atoms with Crippen LogP contribution in [0.3, 0.4) is 0 Å². The van der Waals surface area contributed by atoms with Crippen LogP contribution >= 0.6 is 11.6 Å². The summed E-state index contributed by atoms with van der Waals surface area (Å²) < 4.78 is 7.24. The third kappa shape index (κ3) is 2.27. The van der Waals surface area contributed by atoms with E-state index in [2.05, 4.69) is 10.2 Å². The number of para-hydroxylation sites is 1. The van der Waals surface area contributed by atoms with Gasteiger partial charge in [0.15, 0.2) is 5.65 Å². The molecule has 0 spiro atoms. The van der Waals surface area contributed by atoms with Crippen LogP contribution in [0.2, 0.25) is 5.02 Å². The first-order chi connectivity index (χ1) is 9.28. The Morgan fingerprint density at radius 1 is 1.16 bits per heavy atom. The van der Waals surface area contributed by atoms with Crippen molar-refractivity contribution in [2.75, 3.05) is 7.11 Å². The van der Waals surface area contributed by atoms with E-state index < -0.39 is 0 Å². The van der Waals surface area contributed by atoms with Gasteiger partial charge in [-0.05, 0) is 18.2 Å².